The van der Waals surface area contributed by atoms with Crippen molar-refractivity contribution in [2.45, 2.75) is 44.0 Å². The third-order valence-electron chi connectivity index (χ3n) is 2.49. The second-order valence-electron chi connectivity index (χ2n) is 4.98. The molecule has 1 rings (SSSR count). The Bertz CT molecular complexity index is 314. The molecule has 3 heteroatoms. The second kappa shape index (κ2) is 6.92. The van der Waals surface area contributed by atoms with Gasteiger partial charge in [-0.15, -0.1) is 11.8 Å². The van der Waals surface area contributed by atoms with Crippen LogP contribution in [0.5, 0.6) is 0 Å². The Labute approximate surface area is 109 Å². The molecule has 0 bridgehead atoms. The van der Waals surface area contributed by atoms with Gasteiger partial charge in [0.2, 0.25) is 0 Å². The van der Waals surface area contributed by atoms with Crippen LogP contribution in [-0.2, 0) is 0 Å². The van der Waals surface area contributed by atoms with E-state index in [2.05, 4.69) is 50.4 Å². The number of benzene rings is 1. The van der Waals surface area contributed by atoms with Crippen LogP contribution in [0.1, 0.15) is 33.6 Å². The average molecular weight is 252 g/mol. The van der Waals surface area contributed by atoms with Gasteiger partial charge in [-0.1, -0.05) is 6.92 Å². The van der Waals surface area contributed by atoms with E-state index in [1.807, 2.05) is 11.8 Å². The van der Waals surface area contributed by atoms with Gasteiger partial charge in [0, 0.05) is 22.7 Å². The molecule has 2 nitrogen and oxygen atoms in total. The van der Waals surface area contributed by atoms with Crippen molar-refractivity contribution in [1.29, 1.82) is 0 Å². The molecular weight excluding hydrogens is 228 g/mol. The molecule has 17 heavy (non-hydrogen) atoms. The number of nitrogens with two attached hydrogens (primary N) is 1. The summed E-state index contributed by atoms with van der Waals surface area (Å²) in [4.78, 5) is 1.33. The molecule has 0 aromatic heterocycles. The lowest BCUT2D eigenvalue weighted by Crippen LogP contribution is -2.32. The highest BCUT2D eigenvalue weighted by Crippen LogP contribution is 2.19. The fraction of sp³-hybridized carbons (Fsp3) is 0.571. The predicted molar refractivity (Wildman–Crippen MR) is 78.8 cm³/mol. The van der Waals surface area contributed by atoms with Crippen molar-refractivity contribution in [3.63, 3.8) is 0 Å². The minimum atomic E-state index is -0.0523. The highest BCUT2D eigenvalue weighted by molar-refractivity contribution is 7.99. The lowest BCUT2D eigenvalue weighted by molar-refractivity contribution is 0.465. The maximum atomic E-state index is 5.94. The van der Waals surface area contributed by atoms with Crippen molar-refractivity contribution < 1.29 is 0 Å². The molecule has 0 saturated carbocycles. The standard InChI is InChI=1S/C14H24N2S/c1-4-17-13-8-6-12(7-9-13)16-11-5-10-14(2,3)15/h6-9,16H,4-5,10-11,15H2,1-3H3. The zero-order chi connectivity index (χ0) is 12.7. The lowest BCUT2D eigenvalue weighted by Gasteiger charge is -2.18. The molecule has 1 aromatic carbocycles. The van der Waals surface area contributed by atoms with Crippen LogP contribution in [0.4, 0.5) is 5.69 Å². The number of thioether (sulfide) groups is 1. The molecule has 0 amide bonds. The largest absolute Gasteiger partial charge is 0.385 e. The van der Waals surface area contributed by atoms with E-state index in [9.17, 15) is 0 Å². The van der Waals surface area contributed by atoms with Gasteiger partial charge in [-0.2, -0.15) is 0 Å². The van der Waals surface area contributed by atoms with Crippen LogP contribution in [0.25, 0.3) is 0 Å². The quantitative estimate of drug-likeness (QED) is 0.573. The van der Waals surface area contributed by atoms with Gasteiger partial charge in [-0.25, -0.2) is 0 Å². The van der Waals surface area contributed by atoms with Gasteiger partial charge in [0.15, 0.2) is 0 Å². The molecule has 0 aliphatic carbocycles. The summed E-state index contributed by atoms with van der Waals surface area (Å²) in [5.74, 6) is 1.12. The third-order valence-corrected chi connectivity index (χ3v) is 3.39. The molecule has 0 fully saturated rings. The number of anilines is 1. The van der Waals surface area contributed by atoms with E-state index in [0.717, 1.165) is 25.1 Å². The minimum absolute atomic E-state index is 0.0523. The fourth-order valence-electron chi connectivity index (χ4n) is 1.61. The monoisotopic (exact) mass is 252 g/mol. The van der Waals surface area contributed by atoms with Crippen LogP contribution in [0.2, 0.25) is 0 Å². The van der Waals surface area contributed by atoms with E-state index in [1.54, 1.807) is 0 Å². The highest BCUT2D eigenvalue weighted by Gasteiger charge is 2.08. The summed E-state index contributed by atoms with van der Waals surface area (Å²) in [6.45, 7) is 7.31. The van der Waals surface area contributed by atoms with Crippen molar-refractivity contribution >= 4 is 17.4 Å². The molecule has 0 aliphatic rings. The van der Waals surface area contributed by atoms with Crippen LogP contribution in [-0.4, -0.2) is 17.8 Å². The van der Waals surface area contributed by atoms with Gasteiger partial charge in [0.05, 0.1) is 0 Å². The molecule has 0 heterocycles. The van der Waals surface area contributed by atoms with Gasteiger partial charge in [-0.3, -0.25) is 0 Å². The fourth-order valence-corrected chi connectivity index (χ4v) is 2.27. The normalized spacial score (nSPS) is 11.5. The van der Waals surface area contributed by atoms with Crippen LogP contribution >= 0.6 is 11.8 Å². The van der Waals surface area contributed by atoms with Crippen molar-refractivity contribution in [3.05, 3.63) is 24.3 Å². The van der Waals surface area contributed by atoms with E-state index in [4.69, 9.17) is 5.73 Å². The van der Waals surface area contributed by atoms with Gasteiger partial charge >= 0.3 is 0 Å². The summed E-state index contributed by atoms with van der Waals surface area (Å²) in [6.07, 6.45) is 2.15. The highest BCUT2D eigenvalue weighted by atomic mass is 32.2. The number of hydrogen-bond acceptors (Lipinski definition) is 3. The Balaban J connectivity index is 2.27. The molecule has 0 saturated heterocycles. The minimum Gasteiger partial charge on any atom is -0.385 e. The van der Waals surface area contributed by atoms with E-state index < -0.39 is 0 Å². The van der Waals surface area contributed by atoms with Crippen LogP contribution in [0.15, 0.2) is 29.2 Å². The molecule has 0 unspecified atom stereocenters. The Kier molecular flexibility index (Phi) is 5.86. The zero-order valence-corrected chi connectivity index (χ0v) is 11.9. The summed E-state index contributed by atoms with van der Waals surface area (Å²) >= 11 is 1.87. The first-order valence-electron chi connectivity index (χ1n) is 6.27. The molecule has 3 N–H and O–H groups in total. The SMILES string of the molecule is CCSc1ccc(NCCCC(C)(C)N)cc1. The summed E-state index contributed by atoms with van der Waals surface area (Å²) in [7, 11) is 0. The van der Waals surface area contributed by atoms with Gasteiger partial charge in [-0.05, 0) is 56.7 Å². The summed E-state index contributed by atoms with van der Waals surface area (Å²) < 4.78 is 0. The summed E-state index contributed by atoms with van der Waals surface area (Å²) in [5.41, 5.74) is 7.08. The Hall–Kier alpha value is -0.670. The summed E-state index contributed by atoms with van der Waals surface area (Å²) in [6, 6.07) is 8.63. The van der Waals surface area contributed by atoms with E-state index in [-0.39, 0.29) is 5.54 Å². The van der Waals surface area contributed by atoms with Gasteiger partial charge in [0.25, 0.3) is 0 Å². The van der Waals surface area contributed by atoms with Crippen molar-refractivity contribution in [1.82, 2.24) is 0 Å². The molecule has 0 atom stereocenters. The molecule has 96 valence electrons. The smallest absolute Gasteiger partial charge is 0.0340 e. The third kappa shape index (κ3) is 6.59. The first kappa shape index (κ1) is 14.4. The molecular formula is C14H24N2S. The van der Waals surface area contributed by atoms with Gasteiger partial charge in [0.1, 0.15) is 0 Å². The van der Waals surface area contributed by atoms with E-state index >= 15 is 0 Å². The van der Waals surface area contributed by atoms with E-state index in [0.29, 0.717) is 0 Å². The van der Waals surface area contributed by atoms with Crippen LogP contribution in [0.3, 0.4) is 0 Å². The predicted octanol–water partition coefficient (Wildman–Crippen LogP) is 3.73. The molecule has 0 aliphatic heterocycles. The Morgan fingerprint density at radius 1 is 1.24 bits per heavy atom. The maximum absolute atomic E-state index is 5.94. The molecule has 0 spiro atoms. The van der Waals surface area contributed by atoms with Crippen molar-refractivity contribution in [2.24, 2.45) is 5.73 Å². The van der Waals surface area contributed by atoms with Gasteiger partial charge < -0.3 is 11.1 Å². The Morgan fingerprint density at radius 3 is 2.41 bits per heavy atom. The first-order chi connectivity index (χ1) is 8.01. The van der Waals surface area contributed by atoms with Crippen molar-refractivity contribution in [2.75, 3.05) is 17.6 Å². The Morgan fingerprint density at radius 2 is 1.88 bits per heavy atom. The number of hydrogen-bond donors (Lipinski definition) is 2. The number of rotatable bonds is 7. The molecule has 0 radical (unpaired) electrons. The molecule has 1 aromatic rings. The maximum Gasteiger partial charge on any atom is 0.0340 e. The van der Waals surface area contributed by atoms with Crippen molar-refractivity contribution in [3.8, 4) is 0 Å². The van der Waals surface area contributed by atoms with E-state index in [1.165, 1.54) is 10.6 Å². The topological polar surface area (TPSA) is 38.0 Å². The lowest BCUT2D eigenvalue weighted by atomic mass is 10.0. The summed E-state index contributed by atoms with van der Waals surface area (Å²) in [5, 5.41) is 3.42. The zero-order valence-electron chi connectivity index (χ0n) is 11.1. The first-order valence-corrected chi connectivity index (χ1v) is 7.25. The van der Waals surface area contributed by atoms with Crippen LogP contribution in [0, 0.1) is 0 Å². The second-order valence-corrected chi connectivity index (χ2v) is 6.31. The van der Waals surface area contributed by atoms with Crippen LogP contribution < -0.4 is 11.1 Å². The number of nitrogens with one attached hydrogen (secondary N) is 1. The average Bonchev–Trinajstić information content (AvgIpc) is 2.26.